The van der Waals surface area contributed by atoms with Crippen LogP contribution in [0.25, 0.3) is 0 Å². The standard InChI is InChI=1S/C16H19FN2S2/c1-11(2)19(10-13-4-3-7-21-13)9-12-5-6-15(17)14(8-12)16(18)20/h3-8,11H,9-10H2,1-2H3,(H2,18,20). The van der Waals surface area contributed by atoms with Crippen molar-refractivity contribution >= 4 is 28.5 Å². The van der Waals surface area contributed by atoms with Gasteiger partial charge < -0.3 is 5.73 Å². The molecule has 0 radical (unpaired) electrons. The van der Waals surface area contributed by atoms with Crippen LogP contribution in [0.1, 0.15) is 29.9 Å². The van der Waals surface area contributed by atoms with Crippen LogP contribution in [0.4, 0.5) is 4.39 Å². The Hall–Kier alpha value is -1.30. The van der Waals surface area contributed by atoms with Crippen LogP contribution in [0.5, 0.6) is 0 Å². The molecular weight excluding hydrogens is 303 g/mol. The summed E-state index contributed by atoms with van der Waals surface area (Å²) in [4.78, 5) is 3.76. The molecule has 0 bridgehead atoms. The number of hydrogen-bond donors (Lipinski definition) is 1. The van der Waals surface area contributed by atoms with Gasteiger partial charge in [0.2, 0.25) is 0 Å². The number of nitrogens with zero attached hydrogens (tertiary/aromatic N) is 1. The van der Waals surface area contributed by atoms with Gasteiger partial charge in [-0.2, -0.15) is 0 Å². The van der Waals surface area contributed by atoms with Gasteiger partial charge in [-0.05, 0) is 43.0 Å². The zero-order valence-corrected chi connectivity index (χ0v) is 13.8. The second-order valence-corrected chi connectivity index (χ2v) is 6.73. The second-order valence-electron chi connectivity index (χ2n) is 5.26. The first-order valence-corrected chi connectivity index (χ1v) is 8.11. The molecule has 0 unspecified atom stereocenters. The van der Waals surface area contributed by atoms with E-state index in [1.165, 1.54) is 10.9 Å². The molecule has 0 aliphatic rings. The van der Waals surface area contributed by atoms with E-state index in [2.05, 4.69) is 36.3 Å². The van der Waals surface area contributed by atoms with Crippen molar-refractivity contribution in [2.75, 3.05) is 0 Å². The Kier molecular flexibility index (Phi) is 5.45. The zero-order valence-electron chi connectivity index (χ0n) is 12.2. The minimum atomic E-state index is -0.361. The van der Waals surface area contributed by atoms with Crippen molar-refractivity contribution in [3.63, 3.8) is 0 Å². The first-order valence-electron chi connectivity index (χ1n) is 6.82. The minimum absolute atomic E-state index is 0.101. The number of benzene rings is 1. The van der Waals surface area contributed by atoms with Crippen LogP contribution in [-0.2, 0) is 13.1 Å². The van der Waals surface area contributed by atoms with Crippen LogP contribution < -0.4 is 5.73 Å². The highest BCUT2D eigenvalue weighted by Gasteiger charge is 2.13. The van der Waals surface area contributed by atoms with Gasteiger partial charge in [0, 0.05) is 29.6 Å². The lowest BCUT2D eigenvalue weighted by atomic mass is 10.1. The highest BCUT2D eigenvalue weighted by molar-refractivity contribution is 7.80. The molecule has 0 spiro atoms. The third kappa shape index (κ3) is 4.33. The number of hydrogen-bond acceptors (Lipinski definition) is 3. The second kappa shape index (κ2) is 7.11. The summed E-state index contributed by atoms with van der Waals surface area (Å²) >= 11 is 6.64. The Morgan fingerprint density at radius 3 is 2.67 bits per heavy atom. The van der Waals surface area contributed by atoms with E-state index >= 15 is 0 Å². The van der Waals surface area contributed by atoms with Crippen molar-refractivity contribution in [2.24, 2.45) is 5.73 Å². The number of thiophene rings is 1. The fourth-order valence-electron chi connectivity index (χ4n) is 2.12. The molecular formula is C16H19FN2S2. The summed E-state index contributed by atoms with van der Waals surface area (Å²) in [5.41, 5.74) is 6.90. The Balaban J connectivity index is 2.17. The van der Waals surface area contributed by atoms with Crippen LogP contribution >= 0.6 is 23.6 Å². The van der Waals surface area contributed by atoms with Gasteiger partial charge in [0.25, 0.3) is 0 Å². The summed E-state index contributed by atoms with van der Waals surface area (Å²) in [7, 11) is 0. The molecule has 1 aromatic carbocycles. The Morgan fingerprint density at radius 2 is 2.10 bits per heavy atom. The van der Waals surface area contributed by atoms with Crippen LogP contribution in [-0.4, -0.2) is 15.9 Å². The van der Waals surface area contributed by atoms with Gasteiger partial charge in [0.05, 0.1) is 0 Å². The highest BCUT2D eigenvalue weighted by Crippen LogP contribution is 2.18. The number of nitrogens with two attached hydrogens (primary N) is 1. The summed E-state index contributed by atoms with van der Waals surface area (Å²) in [5, 5.41) is 2.08. The van der Waals surface area contributed by atoms with Gasteiger partial charge in [-0.1, -0.05) is 24.4 Å². The van der Waals surface area contributed by atoms with Gasteiger partial charge in [-0.15, -0.1) is 11.3 Å². The molecule has 0 aliphatic carbocycles. The quantitative estimate of drug-likeness (QED) is 0.817. The zero-order chi connectivity index (χ0) is 15.4. The predicted molar refractivity (Wildman–Crippen MR) is 91.0 cm³/mol. The van der Waals surface area contributed by atoms with Crippen molar-refractivity contribution in [1.82, 2.24) is 4.90 Å². The molecule has 0 saturated heterocycles. The topological polar surface area (TPSA) is 29.3 Å². The van der Waals surface area contributed by atoms with E-state index in [9.17, 15) is 4.39 Å². The largest absolute Gasteiger partial charge is 0.389 e. The molecule has 0 amide bonds. The van der Waals surface area contributed by atoms with Crippen LogP contribution in [0.2, 0.25) is 0 Å². The van der Waals surface area contributed by atoms with E-state index in [1.807, 2.05) is 0 Å². The summed E-state index contributed by atoms with van der Waals surface area (Å²) < 4.78 is 13.6. The van der Waals surface area contributed by atoms with E-state index in [-0.39, 0.29) is 10.8 Å². The van der Waals surface area contributed by atoms with Crippen LogP contribution in [0, 0.1) is 5.82 Å². The van der Waals surface area contributed by atoms with E-state index in [1.54, 1.807) is 23.5 Å². The Morgan fingerprint density at radius 1 is 1.33 bits per heavy atom. The molecule has 1 heterocycles. The molecule has 2 rings (SSSR count). The van der Waals surface area contributed by atoms with Gasteiger partial charge >= 0.3 is 0 Å². The smallest absolute Gasteiger partial charge is 0.133 e. The summed E-state index contributed by atoms with van der Waals surface area (Å²) in [6, 6.07) is 9.56. The molecule has 0 fully saturated rings. The fourth-order valence-corrected chi connectivity index (χ4v) is 3.00. The first-order chi connectivity index (χ1) is 9.97. The fraction of sp³-hybridized carbons (Fsp3) is 0.312. The van der Waals surface area contributed by atoms with E-state index in [4.69, 9.17) is 18.0 Å². The van der Waals surface area contributed by atoms with Crippen molar-refractivity contribution in [3.05, 3.63) is 57.5 Å². The van der Waals surface area contributed by atoms with Gasteiger partial charge in [0.15, 0.2) is 0 Å². The number of thiocarbonyl (C=S) groups is 1. The molecule has 1 aromatic heterocycles. The van der Waals surface area contributed by atoms with Gasteiger partial charge in [0.1, 0.15) is 10.8 Å². The Bertz CT molecular complexity index is 609. The maximum Gasteiger partial charge on any atom is 0.133 e. The van der Waals surface area contributed by atoms with Crippen molar-refractivity contribution in [2.45, 2.75) is 33.0 Å². The van der Waals surface area contributed by atoms with Crippen molar-refractivity contribution in [1.29, 1.82) is 0 Å². The number of halogens is 1. The monoisotopic (exact) mass is 322 g/mol. The van der Waals surface area contributed by atoms with E-state index in [0.29, 0.717) is 11.6 Å². The lowest BCUT2D eigenvalue weighted by Gasteiger charge is -2.26. The predicted octanol–water partition coefficient (Wildman–Crippen LogP) is 3.93. The third-order valence-corrected chi connectivity index (χ3v) is 4.43. The van der Waals surface area contributed by atoms with Gasteiger partial charge in [-0.25, -0.2) is 4.39 Å². The molecule has 0 atom stereocenters. The molecule has 2 N–H and O–H groups in total. The summed E-state index contributed by atoms with van der Waals surface area (Å²) in [5.74, 6) is -0.361. The normalized spacial score (nSPS) is 11.3. The first kappa shape index (κ1) is 16.1. The maximum atomic E-state index is 13.6. The van der Waals surface area contributed by atoms with E-state index in [0.717, 1.165) is 18.7 Å². The maximum absolute atomic E-state index is 13.6. The highest BCUT2D eigenvalue weighted by atomic mass is 32.1. The molecule has 0 aliphatic heterocycles. The molecule has 112 valence electrons. The lowest BCUT2D eigenvalue weighted by Crippen LogP contribution is -2.29. The molecule has 2 nitrogen and oxygen atoms in total. The molecule has 5 heteroatoms. The molecule has 21 heavy (non-hydrogen) atoms. The summed E-state index contributed by atoms with van der Waals surface area (Å²) in [6.07, 6.45) is 0. The lowest BCUT2D eigenvalue weighted by molar-refractivity contribution is 0.205. The average Bonchev–Trinajstić information content (AvgIpc) is 2.92. The van der Waals surface area contributed by atoms with Crippen molar-refractivity contribution in [3.8, 4) is 0 Å². The third-order valence-electron chi connectivity index (χ3n) is 3.35. The SMILES string of the molecule is CC(C)N(Cc1ccc(F)c(C(N)=S)c1)Cc1cccs1. The molecule has 0 saturated carbocycles. The summed E-state index contributed by atoms with van der Waals surface area (Å²) in [6.45, 7) is 5.94. The van der Waals surface area contributed by atoms with E-state index < -0.39 is 0 Å². The number of rotatable bonds is 6. The van der Waals surface area contributed by atoms with Gasteiger partial charge in [-0.3, -0.25) is 4.90 Å². The average molecular weight is 322 g/mol. The minimum Gasteiger partial charge on any atom is -0.389 e. The van der Waals surface area contributed by atoms with Crippen LogP contribution in [0.15, 0.2) is 35.7 Å². The van der Waals surface area contributed by atoms with Crippen LogP contribution in [0.3, 0.4) is 0 Å². The molecule has 2 aromatic rings. The Labute approximate surface area is 134 Å². The van der Waals surface area contributed by atoms with Crippen molar-refractivity contribution < 1.29 is 4.39 Å².